The lowest BCUT2D eigenvalue weighted by Crippen LogP contribution is -2.47. The lowest BCUT2D eigenvalue weighted by atomic mass is 9.85. The highest BCUT2D eigenvalue weighted by molar-refractivity contribution is 7.84. The van der Waals surface area contributed by atoms with Crippen LogP contribution in [0.4, 0.5) is 4.79 Å². The summed E-state index contributed by atoms with van der Waals surface area (Å²) in [6, 6.07) is 2.94. The van der Waals surface area contributed by atoms with Gasteiger partial charge in [-0.05, 0) is 45.6 Å². The Morgan fingerprint density at radius 1 is 1.34 bits per heavy atom. The first-order valence-corrected chi connectivity index (χ1v) is 12.5. The first-order valence-electron chi connectivity index (χ1n) is 10.6. The van der Waals surface area contributed by atoms with E-state index < -0.39 is 15.7 Å². The predicted octanol–water partition coefficient (Wildman–Crippen LogP) is 4.07. The number of aliphatic hydroxyl groups is 1. The molecule has 1 heterocycles. The number of piperidine rings is 1. The van der Waals surface area contributed by atoms with E-state index in [1.807, 2.05) is 20.8 Å². The summed E-state index contributed by atoms with van der Waals surface area (Å²) in [5.74, 6) is 0.650. The van der Waals surface area contributed by atoms with Crippen molar-refractivity contribution in [1.29, 1.82) is 0 Å². The Labute approximate surface area is 203 Å². The molecule has 0 aromatic heterocycles. The quantitative estimate of drug-likeness (QED) is 0.441. The number of halogens is 2. The minimum Gasteiger partial charge on any atom is -0.489 e. The molecule has 0 bridgehead atoms. The van der Waals surface area contributed by atoms with E-state index >= 15 is 0 Å². The molecule has 2 rings (SSSR count). The van der Waals surface area contributed by atoms with Gasteiger partial charge < -0.3 is 20.1 Å². The van der Waals surface area contributed by atoms with Gasteiger partial charge in [0.25, 0.3) is 0 Å². The first kappa shape index (κ1) is 26.9. The molecule has 180 valence electrons. The van der Waals surface area contributed by atoms with Crippen molar-refractivity contribution in [2.75, 3.05) is 32.8 Å². The van der Waals surface area contributed by atoms with Gasteiger partial charge >= 0.3 is 6.03 Å². The third-order valence-corrected chi connectivity index (χ3v) is 7.52. The summed E-state index contributed by atoms with van der Waals surface area (Å²) in [7, 11) is -1.34. The van der Waals surface area contributed by atoms with Gasteiger partial charge in [0, 0.05) is 31.3 Å². The second kappa shape index (κ2) is 12.2. The highest BCUT2D eigenvalue weighted by atomic mass is 35.5. The van der Waals surface area contributed by atoms with Crippen LogP contribution in [0.1, 0.15) is 45.2 Å². The van der Waals surface area contributed by atoms with Gasteiger partial charge in [0.1, 0.15) is 12.4 Å². The number of ether oxygens (including phenoxy) is 1. The van der Waals surface area contributed by atoms with Crippen molar-refractivity contribution in [1.82, 2.24) is 14.9 Å². The number of urea groups is 1. The summed E-state index contributed by atoms with van der Waals surface area (Å²) in [5, 5.41) is 12.4. The fourth-order valence-corrected chi connectivity index (χ4v) is 4.71. The Balaban J connectivity index is 2.32. The number of hydrogen-bond acceptors (Lipinski definition) is 4. The molecule has 1 saturated heterocycles. The fraction of sp³-hybridized carbons (Fsp3) is 0.591. The van der Waals surface area contributed by atoms with Crippen LogP contribution in [0, 0.1) is 5.92 Å². The molecule has 10 heteroatoms. The van der Waals surface area contributed by atoms with Gasteiger partial charge in [-0.25, -0.2) is 13.7 Å². The molecule has 7 nitrogen and oxygen atoms in total. The van der Waals surface area contributed by atoms with Crippen LogP contribution < -0.4 is 14.8 Å². The molecule has 2 atom stereocenters. The largest absolute Gasteiger partial charge is 0.489 e. The van der Waals surface area contributed by atoms with Crippen molar-refractivity contribution in [3.05, 3.63) is 40.4 Å². The van der Waals surface area contributed by atoms with Crippen LogP contribution in [0.15, 0.2) is 24.8 Å². The van der Waals surface area contributed by atoms with E-state index in [0.717, 1.165) is 5.56 Å². The van der Waals surface area contributed by atoms with Gasteiger partial charge in [0.2, 0.25) is 0 Å². The second-order valence-corrected chi connectivity index (χ2v) is 11.5. The normalized spacial score (nSPS) is 17.0. The van der Waals surface area contributed by atoms with Crippen LogP contribution in [0.3, 0.4) is 0 Å². The van der Waals surface area contributed by atoms with Gasteiger partial charge in [0.15, 0.2) is 0 Å². The Hall–Kier alpha value is -1.32. The van der Waals surface area contributed by atoms with E-state index in [1.165, 1.54) is 0 Å². The predicted molar refractivity (Wildman–Crippen MR) is 131 cm³/mol. The molecule has 2 amide bonds. The lowest BCUT2D eigenvalue weighted by molar-refractivity contribution is 0.158. The number of likely N-dealkylation sites (tertiary alicyclic amines) is 1. The van der Waals surface area contributed by atoms with Crippen LogP contribution in [0.25, 0.3) is 0 Å². The smallest absolute Gasteiger partial charge is 0.317 e. The van der Waals surface area contributed by atoms with Gasteiger partial charge in [-0.1, -0.05) is 35.9 Å². The molecule has 0 spiro atoms. The van der Waals surface area contributed by atoms with Crippen LogP contribution in [0.5, 0.6) is 5.75 Å². The molecule has 0 aliphatic carbocycles. The van der Waals surface area contributed by atoms with E-state index in [9.17, 15) is 9.00 Å². The zero-order valence-electron chi connectivity index (χ0n) is 18.8. The zero-order valence-corrected chi connectivity index (χ0v) is 21.2. The molecular weight excluding hydrogens is 473 g/mol. The fourth-order valence-electron chi connectivity index (χ4n) is 3.48. The topological polar surface area (TPSA) is 90.9 Å². The highest BCUT2D eigenvalue weighted by Gasteiger charge is 2.34. The standard InChI is InChI=1S/C22H33Cl2N3O4S/c1-5-12-31-19-14-18(24)17(23)13-16(19)20(26-32(30)22(2,3)4)15-6-9-27(10-7-15)21(29)25-8-11-28/h5,13-15,20,26,28H,1,6-12H2,2-4H3,(H,25,29)/t20-,32?/m1/s1. The van der Waals surface area contributed by atoms with E-state index in [-0.39, 0.29) is 31.1 Å². The Kier molecular flexibility index (Phi) is 10.3. The maximum Gasteiger partial charge on any atom is 0.317 e. The number of nitrogens with one attached hydrogen (secondary N) is 2. The number of carbonyl (C=O) groups is 1. The highest BCUT2D eigenvalue weighted by Crippen LogP contribution is 2.40. The van der Waals surface area contributed by atoms with Gasteiger partial charge in [-0.15, -0.1) is 0 Å². The summed E-state index contributed by atoms with van der Waals surface area (Å²) in [6.07, 6.45) is 3.05. The number of benzene rings is 1. The lowest BCUT2D eigenvalue weighted by Gasteiger charge is -2.37. The molecule has 1 aromatic carbocycles. The van der Waals surface area contributed by atoms with Gasteiger partial charge in [-0.2, -0.15) is 0 Å². The Morgan fingerprint density at radius 2 is 1.97 bits per heavy atom. The first-order chi connectivity index (χ1) is 15.1. The molecule has 1 aliphatic heterocycles. The average Bonchev–Trinajstić information content (AvgIpc) is 2.75. The maximum absolute atomic E-state index is 13.0. The van der Waals surface area contributed by atoms with E-state index in [0.29, 0.717) is 48.3 Å². The number of nitrogens with zero attached hydrogens (tertiary/aromatic N) is 1. The van der Waals surface area contributed by atoms with Crippen LogP contribution >= 0.6 is 23.2 Å². The molecule has 3 N–H and O–H groups in total. The number of amides is 2. The number of aliphatic hydroxyl groups excluding tert-OH is 1. The second-order valence-electron chi connectivity index (χ2n) is 8.66. The molecular formula is C22H33Cl2N3O4S. The minimum absolute atomic E-state index is 0.0894. The van der Waals surface area contributed by atoms with E-state index in [4.69, 9.17) is 33.0 Å². The molecule has 32 heavy (non-hydrogen) atoms. The van der Waals surface area contributed by atoms with Crippen molar-refractivity contribution >= 4 is 40.2 Å². The maximum atomic E-state index is 13.0. The number of rotatable bonds is 9. The van der Waals surface area contributed by atoms with Crippen LogP contribution in [-0.4, -0.2) is 57.8 Å². The molecule has 0 saturated carbocycles. The summed E-state index contributed by atoms with van der Waals surface area (Å²) in [6.45, 7) is 10.9. The average molecular weight is 506 g/mol. The van der Waals surface area contributed by atoms with Crippen molar-refractivity contribution in [2.45, 2.75) is 44.4 Å². The molecule has 1 aromatic rings. The van der Waals surface area contributed by atoms with E-state index in [1.54, 1.807) is 23.1 Å². The van der Waals surface area contributed by atoms with Gasteiger partial charge in [-0.3, -0.25) is 0 Å². The third-order valence-electron chi connectivity index (χ3n) is 5.22. The third kappa shape index (κ3) is 7.35. The van der Waals surface area contributed by atoms with Crippen LogP contribution in [-0.2, 0) is 11.0 Å². The molecule has 1 fully saturated rings. The molecule has 1 aliphatic rings. The SMILES string of the molecule is C=CCOc1cc(Cl)c(Cl)cc1[C@H](NS(=O)C(C)(C)C)C1CCN(C(=O)NCCO)CC1. The van der Waals surface area contributed by atoms with Crippen molar-refractivity contribution in [3.63, 3.8) is 0 Å². The van der Waals surface area contributed by atoms with Crippen molar-refractivity contribution in [2.24, 2.45) is 5.92 Å². The Morgan fingerprint density at radius 3 is 2.53 bits per heavy atom. The van der Waals surface area contributed by atoms with E-state index in [2.05, 4.69) is 16.6 Å². The zero-order chi connectivity index (χ0) is 23.9. The summed E-state index contributed by atoms with van der Waals surface area (Å²) >= 11 is 12.6. The van der Waals surface area contributed by atoms with Crippen molar-refractivity contribution < 1.29 is 18.8 Å². The summed E-state index contributed by atoms with van der Waals surface area (Å²) < 4.78 is 21.7. The van der Waals surface area contributed by atoms with Crippen molar-refractivity contribution in [3.8, 4) is 5.75 Å². The summed E-state index contributed by atoms with van der Waals surface area (Å²) in [5.41, 5.74) is 0.780. The summed E-state index contributed by atoms with van der Waals surface area (Å²) in [4.78, 5) is 14.0. The molecule has 1 unspecified atom stereocenters. The Bertz CT molecular complexity index is 824. The van der Waals surface area contributed by atoms with Gasteiger partial charge in [0.05, 0.1) is 38.4 Å². The number of hydrogen-bond donors (Lipinski definition) is 3. The number of carbonyl (C=O) groups excluding carboxylic acids is 1. The minimum atomic E-state index is -1.34. The molecule has 0 radical (unpaired) electrons. The monoisotopic (exact) mass is 505 g/mol. The van der Waals surface area contributed by atoms with Crippen LogP contribution in [0.2, 0.25) is 10.0 Å².